The minimum absolute atomic E-state index is 0.902. The Morgan fingerprint density at radius 2 is 1.75 bits per heavy atom. The molecule has 0 spiro atoms. The van der Waals surface area contributed by atoms with Crippen molar-refractivity contribution in [2.24, 2.45) is 0 Å². The lowest BCUT2D eigenvalue weighted by Crippen LogP contribution is -1.84. The molecule has 0 bridgehead atoms. The summed E-state index contributed by atoms with van der Waals surface area (Å²) in [6, 6.07) is 16.3. The summed E-state index contributed by atoms with van der Waals surface area (Å²) in [5, 5.41) is 9.77. The molecule has 0 saturated heterocycles. The normalized spacial score (nSPS) is 11.3. The summed E-state index contributed by atoms with van der Waals surface area (Å²) in [5.74, 6) is 0. The first-order valence-electron chi connectivity index (χ1n) is 7.71. The van der Waals surface area contributed by atoms with Gasteiger partial charge in [0.15, 0.2) is 0 Å². The number of nitrogens with zero attached hydrogens (tertiary/aromatic N) is 3. The molecule has 0 atom stereocenters. The SMILES string of the molecule is c1ccc2[nH]c(-c3n[nH]c4cnc(-c5ccncc5)cc34)cc2c1. The number of para-hydroxylation sites is 1. The van der Waals surface area contributed by atoms with Gasteiger partial charge in [-0.15, -0.1) is 0 Å². The Balaban J connectivity index is 1.71. The molecule has 0 aliphatic rings. The molecule has 0 fully saturated rings. The van der Waals surface area contributed by atoms with Gasteiger partial charge >= 0.3 is 0 Å². The zero-order valence-electron chi connectivity index (χ0n) is 12.7. The fourth-order valence-electron chi connectivity index (χ4n) is 3.00. The van der Waals surface area contributed by atoms with Crippen LogP contribution in [0.25, 0.3) is 44.5 Å². The van der Waals surface area contributed by atoms with E-state index in [0.717, 1.165) is 39.1 Å². The number of H-pyrrole nitrogens is 2. The fourth-order valence-corrected chi connectivity index (χ4v) is 3.00. The molecule has 5 nitrogen and oxygen atoms in total. The summed E-state index contributed by atoms with van der Waals surface area (Å²) in [4.78, 5) is 12.0. The monoisotopic (exact) mass is 311 g/mol. The van der Waals surface area contributed by atoms with Gasteiger partial charge in [0.2, 0.25) is 0 Å². The van der Waals surface area contributed by atoms with E-state index >= 15 is 0 Å². The zero-order chi connectivity index (χ0) is 15.9. The first-order chi connectivity index (χ1) is 11.9. The van der Waals surface area contributed by atoms with E-state index in [1.807, 2.05) is 30.5 Å². The lowest BCUT2D eigenvalue weighted by atomic mass is 10.1. The molecule has 5 heteroatoms. The molecule has 114 valence electrons. The molecule has 4 aromatic heterocycles. The molecule has 4 heterocycles. The minimum Gasteiger partial charge on any atom is -0.353 e. The summed E-state index contributed by atoms with van der Waals surface area (Å²) in [7, 11) is 0. The Morgan fingerprint density at radius 1 is 0.875 bits per heavy atom. The van der Waals surface area contributed by atoms with Gasteiger partial charge in [-0.05, 0) is 30.3 Å². The average molecular weight is 311 g/mol. The lowest BCUT2D eigenvalue weighted by molar-refractivity contribution is 1.11. The number of aromatic amines is 2. The molecule has 5 aromatic rings. The van der Waals surface area contributed by atoms with E-state index in [-0.39, 0.29) is 0 Å². The molecule has 5 rings (SSSR count). The van der Waals surface area contributed by atoms with Gasteiger partial charge in [0.1, 0.15) is 5.69 Å². The van der Waals surface area contributed by atoms with Crippen molar-refractivity contribution in [2.75, 3.05) is 0 Å². The van der Waals surface area contributed by atoms with Gasteiger partial charge < -0.3 is 4.98 Å². The highest BCUT2D eigenvalue weighted by atomic mass is 15.1. The Morgan fingerprint density at radius 3 is 2.62 bits per heavy atom. The highest BCUT2D eigenvalue weighted by molar-refractivity contribution is 5.96. The van der Waals surface area contributed by atoms with Crippen LogP contribution in [0.2, 0.25) is 0 Å². The number of hydrogen-bond acceptors (Lipinski definition) is 3. The van der Waals surface area contributed by atoms with Gasteiger partial charge in [-0.25, -0.2) is 0 Å². The molecule has 1 aromatic carbocycles. The van der Waals surface area contributed by atoms with Crippen molar-refractivity contribution in [3.63, 3.8) is 0 Å². The van der Waals surface area contributed by atoms with Gasteiger partial charge in [0.05, 0.1) is 23.1 Å². The van der Waals surface area contributed by atoms with Crippen LogP contribution in [0.3, 0.4) is 0 Å². The molecule has 0 radical (unpaired) electrons. The van der Waals surface area contributed by atoms with Crippen LogP contribution >= 0.6 is 0 Å². The Labute approximate surface area is 137 Å². The predicted octanol–water partition coefficient (Wildman–Crippen LogP) is 4.17. The molecule has 0 aliphatic heterocycles. The third-order valence-corrected chi connectivity index (χ3v) is 4.21. The molecule has 0 amide bonds. The molecular formula is C19H13N5. The van der Waals surface area contributed by atoms with E-state index in [1.165, 1.54) is 5.39 Å². The van der Waals surface area contributed by atoms with Crippen molar-refractivity contribution in [3.05, 3.63) is 67.1 Å². The standard InChI is InChI=1S/C19H13N5/c1-2-4-15-13(3-1)9-17(22-15)19-14-10-16(12-5-7-20-8-6-12)21-11-18(14)23-24-19/h1-11,22H,(H,23,24). The van der Waals surface area contributed by atoms with E-state index in [9.17, 15) is 0 Å². The second kappa shape index (κ2) is 5.03. The first kappa shape index (κ1) is 13.0. The maximum atomic E-state index is 4.52. The van der Waals surface area contributed by atoms with Crippen molar-refractivity contribution < 1.29 is 0 Å². The maximum absolute atomic E-state index is 4.52. The lowest BCUT2D eigenvalue weighted by Gasteiger charge is -2.00. The number of aromatic nitrogens is 5. The van der Waals surface area contributed by atoms with Gasteiger partial charge in [-0.3, -0.25) is 15.1 Å². The quantitative estimate of drug-likeness (QED) is 0.514. The largest absolute Gasteiger partial charge is 0.353 e. The van der Waals surface area contributed by atoms with Crippen molar-refractivity contribution in [1.29, 1.82) is 0 Å². The van der Waals surface area contributed by atoms with Crippen molar-refractivity contribution in [2.45, 2.75) is 0 Å². The van der Waals surface area contributed by atoms with Crippen LogP contribution in [0.1, 0.15) is 0 Å². The van der Waals surface area contributed by atoms with Crippen LogP contribution in [0.4, 0.5) is 0 Å². The van der Waals surface area contributed by atoms with E-state index in [2.05, 4.69) is 49.4 Å². The van der Waals surface area contributed by atoms with Gasteiger partial charge in [0, 0.05) is 34.2 Å². The third-order valence-electron chi connectivity index (χ3n) is 4.21. The van der Waals surface area contributed by atoms with E-state index in [1.54, 1.807) is 12.4 Å². The molecule has 0 saturated carbocycles. The molecule has 24 heavy (non-hydrogen) atoms. The van der Waals surface area contributed by atoms with Gasteiger partial charge in [0.25, 0.3) is 0 Å². The van der Waals surface area contributed by atoms with Crippen LogP contribution in [-0.2, 0) is 0 Å². The van der Waals surface area contributed by atoms with E-state index in [0.29, 0.717) is 0 Å². The van der Waals surface area contributed by atoms with Crippen LogP contribution in [0.5, 0.6) is 0 Å². The number of benzene rings is 1. The van der Waals surface area contributed by atoms with Gasteiger partial charge in [-0.2, -0.15) is 5.10 Å². The Kier molecular flexibility index (Phi) is 2.72. The summed E-state index contributed by atoms with van der Waals surface area (Å²) in [6.07, 6.45) is 5.37. The second-order valence-corrected chi connectivity index (χ2v) is 5.69. The van der Waals surface area contributed by atoms with Crippen LogP contribution in [-0.4, -0.2) is 25.1 Å². The number of nitrogens with one attached hydrogen (secondary N) is 2. The van der Waals surface area contributed by atoms with E-state index < -0.39 is 0 Å². The summed E-state index contributed by atoms with van der Waals surface area (Å²) in [6.45, 7) is 0. The third kappa shape index (κ3) is 1.99. The number of fused-ring (bicyclic) bond motifs is 2. The Bertz CT molecular complexity index is 1120. The van der Waals surface area contributed by atoms with Gasteiger partial charge in [-0.1, -0.05) is 18.2 Å². The first-order valence-corrected chi connectivity index (χ1v) is 7.71. The van der Waals surface area contributed by atoms with E-state index in [4.69, 9.17) is 0 Å². The molecule has 0 aliphatic carbocycles. The molecule has 0 unspecified atom stereocenters. The maximum Gasteiger partial charge on any atom is 0.116 e. The summed E-state index contributed by atoms with van der Waals surface area (Å²) in [5.41, 5.74) is 5.86. The van der Waals surface area contributed by atoms with Crippen molar-refractivity contribution in [1.82, 2.24) is 25.1 Å². The number of pyridine rings is 2. The predicted molar refractivity (Wildman–Crippen MR) is 94.4 cm³/mol. The average Bonchev–Trinajstić information content (AvgIpc) is 3.25. The molecular weight excluding hydrogens is 298 g/mol. The van der Waals surface area contributed by atoms with Crippen LogP contribution in [0, 0.1) is 0 Å². The van der Waals surface area contributed by atoms with Crippen LogP contribution < -0.4 is 0 Å². The topological polar surface area (TPSA) is 70.2 Å². The molecule has 2 N–H and O–H groups in total. The summed E-state index contributed by atoms with van der Waals surface area (Å²) < 4.78 is 0. The number of rotatable bonds is 2. The van der Waals surface area contributed by atoms with Crippen molar-refractivity contribution in [3.8, 4) is 22.6 Å². The minimum atomic E-state index is 0.902. The highest BCUT2D eigenvalue weighted by Crippen LogP contribution is 2.30. The van der Waals surface area contributed by atoms with Crippen molar-refractivity contribution >= 4 is 21.8 Å². The smallest absolute Gasteiger partial charge is 0.116 e. The van der Waals surface area contributed by atoms with Crippen LogP contribution in [0.15, 0.2) is 67.1 Å². The number of hydrogen-bond donors (Lipinski definition) is 2. The fraction of sp³-hybridized carbons (Fsp3) is 0. The Hall–Kier alpha value is -3.47. The zero-order valence-corrected chi connectivity index (χ0v) is 12.7. The highest BCUT2D eigenvalue weighted by Gasteiger charge is 2.12. The summed E-state index contributed by atoms with van der Waals surface area (Å²) >= 11 is 0. The second-order valence-electron chi connectivity index (χ2n) is 5.69.